The molecule has 0 saturated carbocycles. The van der Waals surface area contributed by atoms with Gasteiger partial charge in [-0.25, -0.2) is 4.98 Å². The quantitative estimate of drug-likeness (QED) is 0.858. The van der Waals surface area contributed by atoms with Crippen LogP contribution in [0.15, 0.2) is 41.0 Å². The number of aromatic nitrogens is 1. The number of ether oxygens (including phenoxy) is 1. The molecule has 94 valence electrons. The van der Waals surface area contributed by atoms with Gasteiger partial charge in [-0.1, -0.05) is 27.5 Å². The molecule has 1 N–H and O–H groups in total. The fourth-order valence-corrected chi connectivity index (χ4v) is 2.18. The second-order valence-corrected chi connectivity index (χ2v) is 4.98. The second kappa shape index (κ2) is 6.07. The van der Waals surface area contributed by atoms with Crippen molar-refractivity contribution in [2.24, 2.45) is 0 Å². The minimum atomic E-state index is 0.473. The molecule has 0 bridgehead atoms. The lowest BCUT2D eigenvalue weighted by Crippen LogP contribution is -2.01. The summed E-state index contributed by atoms with van der Waals surface area (Å²) >= 11 is 9.28. The topological polar surface area (TPSA) is 34.1 Å². The molecule has 0 aliphatic carbocycles. The summed E-state index contributed by atoms with van der Waals surface area (Å²) in [6.07, 6.45) is 1.67. The van der Waals surface area contributed by atoms with Crippen molar-refractivity contribution in [1.82, 2.24) is 4.98 Å². The molecule has 0 fully saturated rings. The van der Waals surface area contributed by atoms with E-state index in [1.54, 1.807) is 19.4 Å². The molecule has 2 aromatic rings. The number of hydrogen-bond acceptors (Lipinski definition) is 3. The third-order valence-electron chi connectivity index (χ3n) is 2.45. The molecule has 1 aromatic carbocycles. The van der Waals surface area contributed by atoms with Crippen molar-refractivity contribution in [3.05, 3.63) is 51.7 Å². The molecule has 3 nitrogen and oxygen atoms in total. The van der Waals surface area contributed by atoms with Crippen LogP contribution in [0.4, 0.5) is 5.69 Å². The van der Waals surface area contributed by atoms with E-state index in [-0.39, 0.29) is 0 Å². The lowest BCUT2D eigenvalue weighted by molar-refractivity contribution is 0.410. The van der Waals surface area contributed by atoms with Crippen molar-refractivity contribution < 1.29 is 4.74 Å². The van der Waals surface area contributed by atoms with Crippen LogP contribution in [-0.4, -0.2) is 12.1 Å². The van der Waals surface area contributed by atoms with E-state index in [0.717, 1.165) is 21.5 Å². The highest BCUT2D eigenvalue weighted by molar-refractivity contribution is 9.10. The Bertz CT molecular complexity index is 548. The highest BCUT2D eigenvalue weighted by Crippen LogP contribution is 2.24. The van der Waals surface area contributed by atoms with Crippen molar-refractivity contribution >= 4 is 33.2 Å². The molecule has 1 heterocycles. The Morgan fingerprint density at radius 1 is 1.33 bits per heavy atom. The fraction of sp³-hybridized carbons (Fsp3) is 0.154. The number of halogens is 2. The van der Waals surface area contributed by atoms with Gasteiger partial charge < -0.3 is 10.1 Å². The van der Waals surface area contributed by atoms with Crippen molar-refractivity contribution in [1.29, 1.82) is 0 Å². The standard InChI is InChI=1S/C13H12BrClN2O/c1-18-12-3-2-10(14)6-9(12)8-17-11-4-5-16-13(15)7-11/h2-7H,8H2,1H3,(H,16,17). The van der Waals surface area contributed by atoms with Gasteiger partial charge in [0.15, 0.2) is 0 Å². The number of nitrogens with zero attached hydrogens (tertiary/aromatic N) is 1. The summed E-state index contributed by atoms with van der Waals surface area (Å²) in [4.78, 5) is 3.94. The summed E-state index contributed by atoms with van der Waals surface area (Å²) in [5.41, 5.74) is 2.00. The number of methoxy groups -OCH3 is 1. The van der Waals surface area contributed by atoms with E-state index < -0.39 is 0 Å². The van der Waals surface area contributed by atoms with Crippen molar-refractivity contribution in [3.8, 4) is 5.75 Å². The van der Waals surface area contributed by atoms with Crippen LogP contribution in [0.5, 0.6) is 5.75 Å². The molecule has 0 atom stereocenters. The molecule has 0 amide bonds. The summed E-state index contributed by atoms with van der Waals surface area (Å²) in [5.74, 6) is 0.853. The molecule has 0 radical (unpaired) electrons. The number of anilines is 1. The van der Waals surface area contributed by atoms with E-state index in [4.69, 9.17) is 16.3 Å². The number of benzene rings is 1. The largest absolute Gasteiger partial charge is 0.496 e. The molecular formula is C13H12BrClN2O. The SMILES string of the molecule is COc1ccc(Br)cc1CNc1ccnc(Cl)c1. The maximum Gasteiger partial charge on any atom is 0.131 e. The first-order valence-electron chi connectivity index (χ1n) is 5.37. The molecule has 18 heavy (non-hydrogen) atoms. The third kappa shape index (κ3) is 3.37. The Balaban J connectivity index is 2.12. The molecule has 0 aliphatic rings. The highest BCUT2D eigenvalue weighted by atomic mass is 79.9. The van der Waals surface area contributed by atoms with E-state index in [9.17, 15) is 0 Å². The van der Waals surface area contributed by atoms with Crippen LogP contribution in [0.2, 0.25) is 5.15 Å². The van der Waals surface area contributed by atoms with Gasteiger partial charge in [-0.2, -0.15) is 0 Å². The molecule has 0 spiro atoms. The highest BCUT2D eigenvalue weighted by Gasteiger charge is 2.03. The smallest absolute Gasteiger partial charge is 0.131 e. The van der Waals surface area contributed by atoms with Gasteiger partial charge in [0.1, 0.15) is 10.9 Å². The minimum Gasteiger partial charge on any atom is -0.496 e. The average Bonchev–Trinajstić information content (AvgIpc) is 2.37. The lowest BCUT2D eigenvalue weighted by atomic mass is 10.2. The van der Waals surface area contributed by atoms with Crippen LogP contribution < -0.4 is 10.1 Å². The predicted octanol–water partition coefficient (Wildman–Crippen LogP) is 4.12. The van der Waals surface area contributed by atoms with Crippen molar-refractivity contribution in [2.75, 3.05) is 12.4 Å². The monoisotopic (exact) mass is 326 g/mol. The fourth-order valence-electron chi connectivity index (χ4n) is 1.60. The lowest BCUT2D eigenvalue weighted by Gasteiger charge is -2.11. The van der Waals surface area contributed by atoms with Crippen LogP contribution >= 0.6 is 27.5 Å². The first-order valence-corrected chi connectivity index (χ1v) is 6.54. The molecule has 0 aliphatic heterocycles. The zero-order valence-corrected chi connectivity index (χ0v) is 12.1. The Morgan fingerprint density at radius 3 is 2.89 bits per heavy atom. The molecule has 5 heteroatoms. The Morgan fingerprint density at radius 2 is 2.17 bits per heavy atom. The number of hydrogen-bond donors (Lipinski definition) is 1. The molecule has 1 aromatic heterocycles. The predicted molar refractivity (Wildman–Crippen MR) is 77.3 cm³/mol. The third-order valence-corrected chi connectivity index (χ3v) is 3.15. The average molecular weight is 328 g/mol. The van der Waals surface area contributed by atoms with Gasteiger partial charge in [0.2, 0.25) is 0 Å². The summed E-state index contributed by atoms with van der Waals surface area (Å²) in [6, 6.07) is 9.56. The zero-order valence-electron chi connectivity index (χ0n) is 9.78. The van der Waals surface area contributed by atoms with Crippen molar-refractivity contribution in [2.45, 2.75) is 6.54 Å². The maximum absolute atomic E-state index is 5.83. The van der Waals surface area contributed by atoms with Gasteiger partial charge in [-0.05, 0) is 30.3 Å². The van der Waals surface area contributed by atoms with Gasteiger partial charge in [-0.3, -0.25) is 0 Å². The van der Waals surface area contributed by atoms with Gasteiger partial charge in [0.05, 0.1) is 7.11 Å². The molecule has 0 saturated heterocycles. The summed E-state index contributed by atoms with van der Waals surface area (Å²) in [5, 5.41) is 3.75. The van der Waals surface area contributed by atoms with E-state index in [2.05, 4.69) is 26.2 Å². The molecule has 2 rings (SSSR count). The first-order chi connectivity index (χ1) is 8.69. The number of rotatable bonds is 4. The van der Waals surface area contributed by atoms with Crippen LogP contribution in [0.25, 0.3) is 0 Å². The van der Waals surface area contributed by atoms with Crippen LogP contribution in [0, 0.1) is 0 Å². The molecular weight excluding hydrogens is 316 g/mol. The van der Waals surface area contributed by atoms with Gasteiger partial charge >= 0.3 is 0 Å². The first kappa shape index (κ1) is 13.2. The van der Waals surface area contributed by atoms with Crippen molar-refractivity contribution in [3.63, 3.8) is 0 Å². The Hall–Kier alpha value is -1.26. The van der Waals surface area contributed by atoms with Crippen LogP contribution in [0.3, 0.4) is 0 Å². The second-order valence-electron chi connectivity index (χ2n) is 3.68. The maximum atomic E-state index is 5.83. The normalized spacial score (nSPS) is 10.2. The molecule has 0 unspecified atom stereocenters. The summed E-state index contributed by atoms with van der Waals surface area (Å²) < 4.78 is 6.33. The number of nitrogens with one attached hydrogen (secondary N) is 1. The van der Waals surface area contributed by atoms with Crippen LogP contribution in [-0.2, 0) is 6.54 Å². The van der Waals surface area contributed by atoms with Gasteiger partial charge in [0, 0.05) is 28.5 Å². The van der Waals surface area contributed by atoms with E-state index in [0.29, 0.717) is 11.7 Å². The van der Waals surface area contributed by atoms with E-state index in [1.807, 2.05) is 24.3 Å². The number of pyridine rings is 1. The Labute approximate surface area is 119 Å². The summed E-state index contributed by atoms with van der Waals surface area (Å²) in [7, 11) is 1.66. The minimum absolute atomic E-state index is 0.473. The van der Waals surface area contributed by atoms with E-state index >= 15 is 0 Å². The van der Waals surface area contributed by atoms with Crippen LogP contribution in [0.1, 0.15) is 5.56 Å². The van der Waals surface area contributed by atoms with E-state index in [1.165, 1.54) is 0 Å². The summed E-state index contributed by atoms with van der Waals surface area (Å²) in [6.45, 7) is 0.656. The Kier molecular flexibility index (Phi) is 4.44. The van der Waals surface area contributed by atoms with Gasteiger partial charge in [-0.15, -0.1) is 0 Å². The zero-order chi connectivity index (χ0) is 13.0. The van der Waals surface area contributed by atoms with Gasteiger partial charge in [0.25, 0.3) is 0 Å².